The number of carbonyl (C=O) groups excluding carboxylic acids is 1. The zero-order valence-corrected chi connectivity index (χ0v) is 12.1. The van der Waals surface area contributed by atoms with Gasteiger partial charge < -0.3 is 10.5 Å². The van der Waals surface area contributed by atoms with Gasteiger partial charge in [-0.3, -0.25) is 0 Å². The molecule has 0 saturated heterocycles. The summed E-state index contributed by atoms with van der Waals surface area (Å²) in [5, 5.41) is 0. The molecular formula is C14H18BrNO2. The van der Waals surface area contributed by atoms with Crippen molar-refractivity contribution in [2.24, 2.45) is 5.92 Å². The number of nitrogens with two attached hydrogens (primary N) is 1. The third-order valence-electron chi connectivity index (χ3n) is 3.45. The maximum Gasteiger partial charge on any atom is 0.338 e. The van der Waals surface area contributed by atoms with Gasteiger partial charge in [0.05, 0.1) is 5.56 Å². The van der Waals surface area contributed by atoms with Gasteiger partial charge in [0, 0.05) is 10.2 Å². The van der Waals surface area contributed by atoms with E-state index in [-0.39, 0.29) is 12.1 Å². The van der Waals surface area contributed by atoms with E-state index in [1.165, 1.54) is 6.42 Å². The van der Waals surface area contributed by atoms with E-state index in [9.17, 15) is 4.79 Å². The monoisotopic (exact) mass is 311 g/mol. The molecule has 0 heterocycles. The summed E-state index contributed by atoms with van der Waals surface area (Å²) in [6.45, 7) is 2.15. The summed E-state index contributed by atoms with van der Waals surface area (Å²) in [6.07, 6.45) is 4.53. The zero-order chi connectivity index (χ0) is 13.1. The second kappa shape index (κ2) is 5.74. The van der Waals surface area contributed by atoms with Crippen LogP contribution in [0.3, 0.4) is 0 Å². The van der Waals surface area contributed by atoms with Gasteiger partial charge in [-0.25, -0.2) is 4.79 Å². The lowest BCUT2D eigenvalue weighted by Crippen LogP contribution is -2.28. The average Bonchev–Trinajstić information content (AvgIpc) is 2.31. The number of esters is 1. The molecule has 1 aromatic rings. The van der Waals surface area contributed by atoms with Gasteiger partial charge in [-0.15, -0.1) is 0 Å². The van der Waals surface area contributed by atoms with Crippen LogP contribution in [-0.4, -0.2) is 12.1 Å². The molecule has 2 N–H and O–H groups in total. The number of nitrogen functional groups attached to an aromatic ring is 1. The number of rotatable bonds is 2. The minimum Gasteiger partial charge on any atom is -0.458 e. The molecule has 0 bridgehead atoms. The number of anilines is 1. The van der Waals surface area contributed by atoms with Crippen molar-refractivity contribution >= 4 is 27.6 Å². The summed E-state index contributed by atoms with van der Waals surface area (Å²) in [5.41, 5.74) is 6.80. The first kappa shape index (κ1) is 13.4. The zero-order valence-electron chi connectivity index (χ0n) is 10.5. The van der Waals surface area contributed by atoms with Crippen molar-refractivity contribution in [3.63, 3.8) is 0 Å². The predicted molar refractivity (Wildman–Crippen MR) is 75.4 cm³/mol. The summed E-state index contributed by atoms with van der Waals surface area (Å²) in [7, 11) is 0. The van der Waals surface area contributed by atoms with E-state index in [1.54, 1.807) is 18.2 Å². The van der Waals surface area contributed by atoms with Crippen LogP contribution in [0.25, 0.3) is 0 Å². The van der Waals surface area contributed by atoms with E-state index in [0.717, 1.165) is 23.7 Å². The second-order valence-electron chi connectivity index (χ2n) is 4.98. The molecule has 98 valence electrons. The molecule has 3 nitrogen and oxygen atoms in total. The summed E-state index contributed by atoms with van der Waals surface area (Å²) in [5.74, 6) is 0.175. The largest absolute Gasteiger partial charge is 0.458 e. The Labute approximate surface area is 116 Å². The number of ether oxygens (including phenoxy) is 1. The first-order valence-electron chi connectivity index (χ1n) is 6.33. The van der Waals surface area contributed by atoms with Crippen LogP contribution in [0.5, 0.6) is 0 Å². The molecule has 1 aromatic carbocycles. The van der Waals surface area contributed by atoms with E-state index in [1.807, 2.05) is 0 Å². The molecule has 1 fully saturated rings. The van der Waals surface area contributed by atoms with Gasteiger partial charge in [0.1, 0.15) is 6.10 Å². The van der Waals surface area contributed by atoms with Gasteiger partial charge in [-0.05, 0) is 43.4 Å². The Morgan fingerprint density at radius 2 is 2.06 bits per heavy atom. The second-order valence-corrected chi connectivity index (χ2v) is 5.89. The Morgan fingerprint density at radius 3 is 2.72 bits per heavy atom. The Morgan fingerprint density at radius 1 is 1.33 bits per heavy atom. The number of halogens is 1. The molecule has 18 heavy (non-hydrogen) atoms. The molecule has 1 aliphatic carbocycles. The van der Waals surface area contributed by atoms with Crippen LogP contribution in [0.15, 0.2) is 22.7 Å². The maximum atomic E-state index is 12.1. The molecule has 2 atom stereocenters. The van der Waals surface area contributed by atoms with Crippen molar-refractivity contribution < 1.29 is 9.53 Å². The van der Waals surface area contributed by atoms with E-state index in [4.69, 9.17) is 10.5 Å². The maximum absolute atomic E-state index is 12.1. The van der Waals surface area contributed by atoms with Crippen molar-refractivity contribution in [3.05, 3.63) is 28.2 Å². The van der Waals surface area contributed by atoms with Crippen LogP contribution < -0.4 is 5.73 Å². The number of benzene rings is 1. The molecule has 4 heteroatoms. The summed E-state index contributed by atoms with van der Waals surface area (Å²) in [4.78, 5) is 12.1. The topological polar surface area (TPSA) is 52.3 Å². The smallest absolute Gasteiger partial charge is 0.338 e. The lowest BCUT2D eigenvalue weighted by molar-refractivity contribution is 0.00481. The van der Waals surface area contributed by atoms with Gasteiger partial charge in [0.25, 0.3) is 0 Å². The van der Waals surface area contributed by atoms with E-state index in [2.05, 4.69) is 22.9 Å². The fraction of sp³-hybridized carbons (Fsp3) is 0.500. The highest BCUT2D eigenvalue weighted by Gasteiger charge is 2.25. The SMILES string of the molecule is CC1CCCCC1OC(=O)c1cc(N)cc(Br)c1. The van der Waals surface area contributed by atoms with E-state index < -0.39 is 0 Å². The standard InChI is InChI=1S/C14H18BrNO2/c1-9-4-2-3-5-13(9)18-14(17)10-6-11(15)8-12(16)7-10/h6-9,13H,2-5,16H2,1H3. The summed E-state index contributed by atoms with van der Waals surface area (Å²) >= 11 is 3.33. The molecule has 0 spiro atoms. The molecular weight excluding hydrogens is 294 g/mol. The third kappa shape index (κ3) is 3.25. The fourth-order valence-corrected chi connectivity index (χ4v) is 2.90. The normalized spacial score (nSPS) is 23.7. The summed E-state index contributed by atoms with van der Waals surface area (Å²) < 4.78 is 6.38. The summed E-state index contributed by atoms with van der Waals surface area (Å²) in [6, 6.07) is 5.16. The lowest BCUT2D eigenvalue weighted by atomic mass is 9.88. The Balaban J connectivity index is 2.06. The highest BCUT2D eigenvalue weighted by molar-refractivity contribution is 9.10. The molecule has 2 unspecified atom stereocenters. The quantitative estimate of drug-likeness (QED) is 0.668. The third-order valence-corrected chi connectivity index (χ3v) is 3.90. The van der Waals surface area contributed by atoms with Gasteiger partial charge in [0.2, 0.25) is 0 Å². The van der Waals surface area contributed by atoms with Crippen LogP contribution in [0.1, 0.15) is 43.0 Å². The van der Waals surface area contributed by atoms with E-state index >= 15 is 0 Å². The Hall–Kier alpha value is -1.03. The molecule has 0 radical (unpaired) electrons. The van der Waals surface area contributed by atoms with Crippen LogP contribution in [0, 0.1) is 5.92 Å². The molecule has 1 saturated carbocycles. The highest BCUT2D eigenvalue weighted by Crippen LogP contribution is 2.27. The Kier molecular flexibility index (Phi) is 4.27. The predicted octanol–water partition coefficient (Wildman–Crippen LogP) is 3.77. The molecule has 0 amide bonds. The van der Waals surface area contributed by atoms with Crippen LogP contribution in [0.2, 0.25) is 0 Å². The van der Waals surface area contributed by atoms with Gasteiger partial charge >= 0.3 is 5.97 Å². The molecule has 0 aliphatic heterocycles. The van der Waals surface area contributed by atoms with Gasteiger partial charge in [-0.2, -0.15) is 0 Å². The van der Waals surface area contributed by atoms with Crippen LogP contribution in [0.4, 0.5) is 5.69 Å². The van der Waals surface area contributed by atoms with Crippen LogP contribution >= 0.6 is 15.9 Å². The number of hydrogen-bond donors (Lipinski definition) is 1. The molecule has 0 aromatic heterocycles. The molecule has 1 aliphatic rings. The van der Waals surface area contributed by atoms with Gasteiger partial charge in [0.15, 0.2) is 0 Å². The van der Waals surface area contributed by atoms with Crippen molar-refractivity contribution in [2.45, 2.75) is 38.7 Å². The number of carbonyl (C=O) groups is 1. The first-order chi connectivity index (χ1) is 8.56. The van der Waals surface area contributed by atoms with Crippen molar-refractivity contribution in [3.8, 4) is 0 Å². The fourth-order valence-electron chi connectivity index (χ4n) is 2.39. The number of hydrogen-bond acceptors (Lipinski definition) is 3. The highest BCUT2D eigenvalue weighted by atomic mass is 79.9. The van der Waals surface area contributed by atoms with Crippen molar-refractivity contribution in [1.29, 1.82) is 0 Å². The minimum absolute atomic E-state index is 0.0476. The van der Waals surface area contributed by atoms with Crippen molar-refractivity contribution in [2.75, 3.05) is 5.73 Å². The minimum atomic E-state index is -0.276. The first-order valence-corrected chi connectivity index (χ1v) is 7.12. The van der Waals surface area contributed by atoms with Gasteiger partial charge in [-0.1, -0.05) is 29.3 Å². The molecule has 2 rings (SSSR count). The average molecular weight is 312 g/mol. The van der Waals surface area contributed by atoms with E-state index in [0.29, 0.717) is 17.2 Å². The van der Waals surface area contributed by atoms with Crippen LogP contribution in [-0.2, 0) is 4.74 Å². The Bertz CT molecular complexity index is 427. The van der Waals surface area contributed by atoms with Crippen molar-refractivity contribution in [1.82, 2.24) is 0 Å². The lowest BCUT2D eigenvalue weighted by Gasteiger charge is -2.28.